The predicted molar refractivity (Wildman–Crippen MR) is 69.0 cm³/mol. The van der Waals surface area contributed by atoms with Gasteiger partial charge < -0.3 is 10.1 Å². The van der Waals surface area contributed by atoms with E-state index in [9.17, 15) is 0 Å². The van der Waals surface area contributed by atoms with E-state index in [1.54, 1.807) is 0 Å². The molecule has 2 nitrogen and oxygen atoms in total. The van der Waals surface area contributed by atoms with Gasteiger partial charge in [-0.25, -0.2) is 0 Å². The molecular formula is C14H23NO. The van der Waals surface area contributed by atoms with Crippen molar-refractivity contribution in [2.45, 2.75) is 46.3 Å². The molecule has 1 N–H and O–H groups in total. The third-order valence-electron chi connectivity index (χ3n) is 2.97. The third kappa shape index (κ3) is 3.24. The van der Waals surface area contributed by atoms with Crippen LogP contribution in [0.4, 0.5) is 0 Å². The fourth-order valence-corrected chi connectivity index (χ4v) is 1.57. The van der Waals surface area contributed by atoms with Crippen LogP contribution in [0.3, 0.4) is 0 Å². The summed E-state index contributed by atoms with van der Waals surface area (Å²) in [5.41, 5.74) is 2.51. The topological polar surface area (TPSA) is 21.3 Å². The Morgan fingerprint density at radius 3 is 2.56 bits per heavy atom. The molecule has 0 aliphatic carbocycles. The summed E-state index contributed by atoms with van der Waals surface area (Å²) in [4.78, 5) is 0. The van der Waals surface area contributed by atoms with Crippen LogP contribution in [-0.4, -0.2) is 13.2 Å². The zero-order chi connectivity index (χ0) is 12.1. The summed E-state index contributed by atoms with van der Waals surface area (Å²) < 4.78 is 5.93. The van der Waals surface area contributed by atoms with Crippen LogP contribution in [0, 0.1) is 6.92 Å². The summed E-state index contributed by atoms with van der Waals surface area (Å²) in [5, 5.41) is 3.26. The van der Waals surface area contributed by atoms with Crippen molar-refractivity contribution in [2.75, 3.05) is 7.05 Å². The summed E-state index contributed by atoms with van der Waals surface area (Å²) in [6.07, 6.45) is 1.30. The second-order valence-corrected chi connectivity index (χ2v) is 4.39. The highest BCUT2D eigenvalue weighted by Gasteiger charge is 2.12. The van der Waals surface area contributed by atoms with Gasteiger partial charge in [-0.1, -0.05) is 24.6 Å². The van der Waals surface area contributed by atoms with Gasteiger partial charge in [-0.15, -0.1) is 0 Å². The second kappa shape index (κ2) is 5.90. The first-order chi connectivity index (χ1) is 7.58. The fraction of sp³-hybridized carbons (Fsp3) is 0.571. The lowest BCUT2D eigenvalue weighted by Crippen LogP contribution is -2.16. The quantitative estimate of drug-likeness (QED) is 0.822. The number of ether oxygens (including phenoxy) is 1. The first-order valence-electron chi connectivity index (χ1n) is 6.03. The molecule has 90 valence electrons. The summed E-state index contributed by atoms with van der Waals surface area (Å²) >= 11 is 0. The molecule has 2 atom stereocenters. The van der Waals surface area contributed by atoms with Crippen LogP contribution >= 0.6 is 0 Å². The third-order valence-corrected chi connectivity index (χ3v) is 2.97. The van der Waals surface area contributed by atoms with Crippen molar-refractivity contribution in [3.63, 3.8) is 0 Å². The Kier molecular flexibility index (Phi) is 4.81. The Labute approximate surface area is 99.0 Å². The maximum Gasteiger partial charge on any atom is 0.124 e. The van der Waals surface area contributed by atoms with Crippen molar-refractivity contribution in [3.05, 3.63) is 29.3 Å². The van der Waals surface area contributed by atoms with E-state index in [1.807, 2.05) is 7.05 Å². The molecule has 0 fully saturated rings. The molecule has 0 aromatic heterocycles. The Hall–Kier alpha value is -1.02. The van der Waals surface area contributed by atoms with Crippen LogP contribution < -0.4 is 10.1 Å². The molecule has 0 amide bonds. The molecule has 1 aromatic rings. The van der Waals surface area contributed by atoms with Gasteiger partial charge in [-0.2, -0.15) is 0 Å². The Balaban J connectivity index is 2.97. The second-order valence-electron chi connectivity index (χ2n) is 4.39. The van der Waals surface area contributed by atoms with E-state index in [-0.39, 0.29) is 6.10 Å². The van der Waals surface area contributed by atoms with Crippen LogP contribution in [-0.2, 0) is 0 Å². The molecule has 0 heterocycles. The molecule has 16 heavy (non-hydrogen) atoms. The van der Waals surface area contributed by atoms with Crippen molar-refractivity contribution in [1.29, 1.82) is 0 Å². The average molecular weight is 221 g/mol. The number of nitrogens with one attached hydrogen (secondary N) is 1. The van der Waals surface area contributed by atoms with E-state index in [2.05, 4.69) is 51.2 Å². The van der Waals surface area contributed by atoms with Gasteiger partial charge in [0.25, 0.3) is 0 Å². The predicted octanol–water partition coefficient (Wildman–Crippen LogP) is 3.45. The zero-order valence-electron chi connectivity index (χ0n) is 11.0. The minimum Gasteiger partial charge on any atom is -0.490 e. The Morgan fingerprint density at radius 1 is 1.31 bits per heavy atom. The lowest BCUT2D eigenvalue weighted by Gasteiger charge is -2.20. The molecular weight excluding hydrogens is 198 g/mol. The van der Waals surface area contributed by atoms with E-state index >= 15 is 0 Å². The fourth-order valence-electron chi connectivity index (χ4n) is 1.57. The van der Waals surface area contributed by atoms with Crippen LogP contribution in [0.25, 0.3) is 0 Å². The van der Waals surface area contributed by atoms with Gasteiger partial charge in [-0.05, 0) is 40.3 Å². The summed E-state index contributed by atoms with van der Waals surface area (Å²) in [6, 6.07) is 6.69. The van der Waals surface area contributed by atoms with Gasteiger partial charge in [0, 0.05) is 11.6 Å². The van der Waals surface area contributed by atoms with E-state index in [4.69, 9.17) is 4.74 Å². The maximum atomic E-state index is 5.93. The van der Waals surface area contributed by atoms with E-state index in [1.165, 1.54) is 11.1 Å². The first kappa shape index (κ1) is 13.0. The number of aryl methyl sites for hydroxylation is 1. The summed E-state index contributed by atoms with van der Waals surface area (Å²) in [7, 11) is 1.97. The first-order valence-corrected chi connectivity index (χ1v) is 6.03. The van der Waals surface area contributed by atoms with Crippen LogP contribution in [0.1, 0.15) is 44.4 Å². The molecule has 1 aromatic carbocycles. The van der Waals surface area contributed by atoms with Gasteiger partial charge in [0.1, 0.15) is 5.75 Å². The number of rotatable bonds is 5. The van der Waals surface area contributed by atoms with E-state index in [0.29, 0.717) is 6.04 Å². The lowest BCUT2D eigenvalue weighted by atomic mass is 10.0. The average Bonchev–Trinajstić information content (AvgIpc) is 2.30. The molecule has 0 spiro atoms. The molecule has 0 aliphatic rings. The largest absolute Gasteiger partial charge is 0.490 e. The van der Waals surface area contributed by atoms with Crippen LogP contribution in [0.2, 0.25) is 0 Å². The number of hydrogen-bond acceptors (Lipinski definition) is 2. The molecule has 0 bridgehead atoms. The van der Waals surface area contributed by atoms with Gasteiger partial charge in [-0.3, -0.25) is 0 Å². The highest BCUT2D eigenvalue weighted by atomic mass is 16.5. The van der Waals surface area contributed by atoms with Crippen molar-refractivity contribution in [1.82, 2.24) is 5.32 Å². The molecule has 0 aliphatic heterocycles. The standard InChI is InChI=1S/C14H23NO/c1-6-11(3)16-14-8-7-10(2)9-13(14)12(4)15-5/h7-9,11-12,15H,6H2,1-5H3. The summed E-state index contributed by atoms with van der Waals surface area (Å²) in [6.45, 7) is 8.50. The molecule has 0 radical (unpaired) electrons. The molecule has 2 unspecified atom stereocenters. The summed E-state index contributed by atoms with van der Waals surface area (Å²) in [5.74, 6) is 1.00. The smallest absolute Gasteiger partial charge is 0.124 e. The van der Waals surface area contributed by atoms with Crippen molar-refractivity contribution >= 4 is 0 Å². The minimum absolute atomic E-state index is 0.269. The van der Waals surface area contributed by atoms with Crippen molar-refractivity contribution in [3.8, 4) is 5.75 Å². The van der Waals surface area contributed by atoms with Gasteiger partial charge in [0.15, 0.2) is 0 Å². The molecule has 0 saturated carbocycles. The maximum absolute atomic E-state index is 5.93. The minimum atomic E-state index is 0.269. The number of hydrogen-bond donors (Lipinski definition) is 1. The lowest BCUT2D eigenvalue weighted by molar-refractivity contribution is 0.214. The number of benzene rings is 1. The highest BCUT2D eigenvalue weighted by molar-refractivity contribution is 5.39. The molecule has 1 rings (SSSR count). The monoisotopic (exact) mass is 221 g/mol. The molecule has 0 saturated heterocycles. The van der Waals surface area contributed by atoms with Gasteiger partial charge in [0.05, 0.1) is 6.10 Å². The van der Waals surface area contributed by atoms with Crippen LogP contribution in [0.15, 0.2) is 18.2 Å². The van der Waals surface area contributed by atoms with Crippen LogP contribution in [0.5, 0.6) is 5.75 Å². The van der Waals surface area contributed by atoms with E-state index < -0.39 is 0 Å². The Bertz CT molecular complexity index is 336. The Morgan fingerprint density at radius 2 is 2.00 bits per heavy atom. The molecule has 2 heteroatoms. The van der Waals surface area contributed by atoms with Crippen molar-refractivity contribution in [2.24, 2.45) is 0 Å². The van der Waals surface area contributed by atoms with Gasteiger partial charge in [0.2, 0.25) is 0 Å². The van der Waals surface area contributed by atoms with Gasteiger partial charge >= 0.3 is 0 Å². The zero-order valence-corrected chi connectivity index (χ0v) is 11.0. The highest BCUT2D eigenvalue weighted by Crippen LogP contribution is 2.27. The SMILES string of the molecule is CCC(C)Oc1ccc(C)cc1C(C)NC. The normalized spacial score (nSPS) is 14.6. The van der Waals surface area contributed by atoms with E-state index in [0.717, 1.165) is 12.2 Å². The van der Waals surface area contributed by atoms with Crippen molar-refractivity contribution < 1.29 is 4.74 Å².